The minimum atomic E-state index is -3.53. The number of aromatic amines is 1. The predicted molar refractivity (Wildman–Crippen MR) is 81.0 cm³/mol. The van der Waals surface area contributed by atoms with E-state index in [0.29, 0.717) is 13.1 Å². The zero-order chi connectivity index (χ0) is 15.7. The fourth-order valence-corrected chi connectivity index (χ4v) is 4.27. The van der Waals surface area contributed by atoms with Gasteiger partial charge < -0.3 is 0 Å². The molecular weight excluding hydrogens is 304 g/mol. The normalized spacial score (nSPS) is 20.1. The summed E-state index contributed by atoms with van der Waals surface area (Å²) in [7, 11) is -1.88. The van der Waals surface area contributed by atoms with Crippen LogP contribution in [0.15, 0.2) is 40.3 Å². The number of sulfonamides is 1. The molecule has 1 aliphatic rings. The molecule has 0 spiro atoms. The second-order valence-electron chi connectivity index (χ2n) is 5.50. The molecule has 1 saturated heterocycles. The van der Waals surface area contributed by atoms with Gasteiger partial charge in [-0.3, -0.25) is 19.6 Å². The fraction of sp³-hybridized carbons (Fsp3) is 0.429. The summed E-state index contributed by atoms with van der Waals surface area (Å²) in [5.41, 5.74) is 0.681. The Morgan fingerprint density at radius 2 is 2.23 bits per heavy atom. The van der Waals surface area contributed by atoms with E-state index in [-0.39, 0.29) is 16.4 Å². The molecule has 2 aromatic heterocycles. The quantitative estimate of drug-likeness (QED) is 0.900. The van der Waals surface area contributed by atoms with Gasteiger partial charge in [0, 0.05) is 50.2 Å². The maximum absolute atomic E-state index is 12.6. The summed E-state index contributed by atoms with van der Waals surface area (Å²) in [5, 5.41) is 3.00. The molecule has 1 unspecified atom stereocenters. The Labute approximate surface area is 128 Å². The lowest BCUT2D eigenvalue weighted by molar-refractivity contribution is 0.311. The van der Waals surface area contributed by atoms with Crippen LogP contribution in [-0.2, 0) is 17.1 Å². The summed E-state index contributed by atoms with van der Waals surface area (Å²) in [6.45, 7) is 0.863. The minimum absolute atomic E-state index is 0.00842. The highest BCUT2D eigenvalue weighted by Crippen LogP contribution is 2.28. The van der Waals surface area contributed by atoms with Crippen molar-refractivity contribution < 1.29 is 8.42 Å². The van der Waals surface area contributed by atoms with Gasteiger partial charge in [0.25, 0.3) is 5.56 Å². The zero-order valence-electron chi connectivity index (χ0n) is 12.3. The topological polar surface area (TPSA) is 88.1 Å². The van der Waals surface area contributed by atoms with E-state index >= 15 is 0 Å². The molecule has 0 radical (unpaired) electrons. The number of aryl methyl sites for hydroxylation is 1. The molecule has 118 valence electrons. The SMILES string of the molecule is Cn1[nH]c(C2CCCN(S(=O)(=O)c3cccnc3)C2)cc1=O. The van der Waals surface area contributed by atoms with Gasteiger partial charge in [0.05, 0.1) is 0 Å². The average Bonchev–Trinajstić information content (AvgIpc) is 2.88. The molecule has 3 heterocycles. The van der Waals surface area contributed by atoms with Crippen molar-refractivity contribution >= 4 is 10.0 Å². The first-order valence-electron chi connectivity index (χ1n) is 7.14. The summed E-state index contributed by atoms with van der Waals surface area (Å²) in [6.07, 6.45) is 4.54. The van der Waals surface area contributed by atoms with E-state index in [2.05, 4.69) is 10.1 Å². The van der Waals surface area contributed by atoms with Crippen LogP contribution in [0.25, 0.3) is 0 Å². The minimum Gasteiger partial charge on any atom is -0.300 e. The summed E-state index contributed by atoms with van der Waals surface area (Å²) in [6, 6.07) is 4.71. The Morgan fingerprint density at radius 3 is 2.86 bits per heavy atom. The molecule has 0 aliphatic carbocycles. The molecule has 22 heavy (non-hydrogen) atoms. The largest absolute Gasteiger partial charge is 0.300 e. The first-order valence-corrected chi connectivity index (χ1v) is 8.58. The van der Waals surface area contributed by atoms with Crippen molar-refractivity contribution in [1.82, 2.24) is 19.1 Å². The van der Waals surface area contributed by atoms with Gasteiger partial charge in [-0.1, -0.05) is 0 Å². The Balaban J connectivity index is 1.85. The lowest BCUT2D eigenvalue weighted by Gasteiger charge is -2.31. The number of nitrogens with zero attached hydrogens (tertiary/aromatic N) is 3. The molecule has 1 atom stereocenters. The molecule has 0 bridgehead atoms. The molecule has 8 heteroatoms. The number of rotatable bonds is 3. The standard InChI is InChI=1S/C14H18N4O3S/c1-17-14(19)8-13(16-17)11-4-3-7-18(10-11)22(20,21)12-5-2-6-15-9-12/h2,5-6,8-9,11,16H,3-4,7,10H2,1H3. The number of H-pyrrole nitrogens is 1. The summed E-state index contributed by atoms with van der Waals surface area (Å²) in [5.74, 6) is 0.00842. The predicted octanol–water partition coefficient (Wildman–Crippen LogP) is 0.677. The highest BCUT2D eigenvalue weighted by atomic mass is 32.2. The summed E-state index contributed by atoms with van der Waals surface area (Å²) >= 11 is 0. The van der Waals surface area contributed by atoms with Gasteiger partial charge in [0.15, 0.2) is 0 Å². The van der Waals surface area contributed by atoms with Crippen molar-refractivity contribution in [3.63, 3.8) is 0 Å². The number of piperidine rings is 1. The number of aromatic nitrogens is 3. The van der Waals surface area contributed by atoms with Crippen LogP contribution in [-0.4, -0.2) is 40.6 Å². The van der Waals surface area contributed by atoms with Crippen LogP contribution in [0.2, 0.25) is 0 Å². The number of hydrogen-bond donors (Lipinski definition) is 1. The van der Waals surface area contributed by atoms with Crippen molar-refractivity contribution in [3.8, 4) is 0 Å². The molecule has 1 aliphatic heterocycles. The number of nitrogens with one attached hydrogen (secondary N) is 1. The van der Waals surface area contributed by atoms with Crippen LogP contribution in [0.3, 0.4) is 0 Å². The van der Waals surface area contributed by atoms with E-state index in [1.165, 1.54) is 15.2 Å². The smallest absolute Gasteiger partial charge is 0.266 e. The number of hydrogen-bond acceptors (Lipinski definition) is 4. The maximum Gasteiger partial charge on any atom is 0.266 e. The third kappa shape index (κ3) is 2.71. The van der Waals surface area contributed by atoms with Crippen molar-refractivity contribution in [1.29, 1.82) is 0 Å². The highest BCUT2D eigenvalue weighted by molar-refractivity contribution is 7.89. The third-order valence-electron chi connectivity index (χ3n) is 4.00. The number of pyridine rings is 1. The van der Waals surface area contributed by atoms with Gasteiger partial charge in [-0.2, -0.15) is 4.31 Å². The van der Waals surface area contributed by atoms with E-state index in [0.717, 1.165) is 18.5 Å². The molecule has 0 aromatic carbocycles. The van der Waals surface area contributed by atoms with Crippen LogP contribution in [0.1, 0.15) is 24.5 Å². The third-order valence-corrected chi connectivity index (χ3v) is 5.85. The fourth-order valence-electron chi connectivity index (χ4n) is 2.78. The summed E-state index contributed by atoms with van der Waals surface area (Å²) < 4.78 is 28.2. The molecular formula is C14H18N4O3S. The van der Waals surface area contributed by atoms with E-state index in [9.17, 15) is 13.2 Å². The summed E-state index contributed by atoms with van der Waals surface area (Å²) in [4.78, 5) is 15.7. The van der Waals surface area contributed by atoms with Gasteiger partial charge in [0.2, 0.25) is 10.0 Å². The van der Waals surface area contributed by atoms with Crippen molar-refractivity contribution in [2.45, 2.75) is 23.7 Å². The van der Waals surface area contributed by atoms with Gasteiger partial charge in [-0.25, -0.2) is 8.42 Å². The van der Waals surface area contributed by atoms with E-state index in [1.54, 1.807) is 31.4 Å². The van der Waals surface area contributed by atoms with Crippen LogP contribution in [0.5, 0.6) is 0 Å². The van der Waals surface area contributed by atoms with E-state index in [4.69, 9.17) is 0 Å². The Bertz CT molecular complexity index is 810. The van der Waals surface area contributed by atoms with Gasteiger partial charge in [-0.15, -0.1) is 0 Å². The van der Waals surface area contributed by atoms with Crippen molar-refractivity contribution in [3.05, 3.63) is 46.6 Å². The average molecular weight is 322 g/mol. The molecule has 1 N–H and O–H groups in total. The molecule has 0 amide bonds. The second kappa shape index (κ2) is 5.69. The monoisotopic (exact) mass is 322 g/mol. The molecule has 2 aromatic rings. The molecule has 1 fully saturated rings. The lowest BCUT2D eigenvalue weighted by atomic mass is 9.96. The second-order valence-corrected chi connectivity index (χ2v) is 7.44. The highest BCUT2D eigenvalue weighted by Gasteiger charge is 2.31. The molecule has 3 rings (SSSR count). The van der Waals surface area contributed by atoms with Gasteiger partial charge in [0.1, 0.15) is 4.90 Å². The lowest BCUT2D eigenvalue weighted by Crippen LogP contribution is -2.39. The van der Waals surface area contributed by atoms with Crippen LogP contribution in [0.4, 0.5) is 0 Å². The first-order chi connectivity index (χ1) is 10.5. The Morgan fingerprint density at radius 1 is 1.41 bits per heavy atom. The van der Waals surface area contributed by atoms with Crippen LogP contribution in [0, 0.1) is 0 Å². The Kier molecular flexibility index (Phi) is 3.88. The Hall–Kier alpha value is -1.93. The van der Waals surface area contributed by atoms with Crippen LogP contribution >= 0.6 is 0 Å². The molecule has 7 nitrogen and oxygen atoms in total. The van der Waals surface area contributed by atoms with Crippen LogP contribution < -0.4 is 5.56 Å². The molecule has 0 saturated carbocycles. The van der Waals surface area contributed by atoms with E-state index < -0.39 is 10.0 Å². The van der Waals surface area contributed by atoms with Crippen molar-refractivity contribution in [2.24, 2.45) is 7.05 Å². The zero-order valence-corrected chi connectivity index (χ0v) is 13.1. The van der Waals surface area contributed by atoms with Crippen molar-refractivity contribution in [2.75, 3.05) is 13.1 Å². The van der Waals surface area contributed by atoms with E-state index in [1.807, 2.05) is 0 Å². The van der Waals surface area contributed by atoms with Gasteiger partial charge in [-0.05, 0) is 25.0 Å². The first kappa shape index (κ1) is 15.0. The maximum atomic E-state index is 12.6. The van der Waals surface area contributed by atoms with Gasteiger partial charge >= 0.3 is 0 Å².